The summed E-state index contributed by atoms with van der Waals surface area (Å²) in [6.07, 6.45) is -3.10. The van der Waals surface area contributed by atoms with E-state index in [2.05, 4.69) is 20.3 Å². The van der Waals surface area contributed by atoms with Crippen LogP contribution in [0.5, 0.6) is 0 Å². The molecule has 0 radical (unpaired) electrons. The normalized spacial score (nSPS) is 18.0. The first-order valence-corrected chi connectivity index (χ1v) is 13.7. The van der Waals surface area contributed by atoms with Gasteiger partial charge in [0.15, 0.2) is 0 Å². The topological polar surface area (TPSA) is 137 Å². The van der Waals surface area contributed by atoms with Gasteiger partial charge < -0.3 is 25.4 Å². The number of anilines is 2. The fraction of sp³-hybridized carbons (Fsp3) is 0.455. The van der Waals surface area contributed by atoms with Crippen LogP contribution in [0.25, 0.3) is 0 Å². The third kappa shape index (κ3) is 8.31. The standard InChI is InChI=1S/C20H26N4O4S2.C2HF3O2/c25-20(22-14-16-3-1-11-28-16)17-13-15(23-30(26,27)19-4-2-12-29-19)5-6-18(17)24-9-7-21-8-10-24;3-2(4,5)1(6)7/h2,4-6,12-13,16,21,23H,1,3,7-11,14H2,(H,22,25);(H,6,7). The molecule has 4 N–H and O–H groups in total. The molecule has 0 saturated carbocycles. The van der Waals surface area contributed by atoms with Crippen molar-refractivity contribution in [3.05, 3.63) is 41.3 Å². The van der Waals surface area contributed by atoms with Crippen LogP contribution in [0.15, 0.2) is 39.9 Å². The lowest BCUT2D eigenvalue weighted by molar-refractivity contribution is -0.192. The van der Waals surface area contributed by atoms with E-state index in [1.807, 2.05) is 6.07 Å². The Morgan fingerprint density at radius 2 is 1.92 bits per heavy atom. The van der Waals surface area contributed by atoms with Gasteiger partial charge in [0.25, 0.3) is 15.9 Å². The number of nitrogens with zero attached hydrogens (tertiary/aromatic N) is 1. The molecule has 1 aromatic carbocycles. The highest BCUT2D eigenvalue weighted by Gasteiger charge is 2.38. The fourth-order valence-corrected chi connectivity index (χ4v) is 5.73. The van der Waals surface area contributed by atoms with Crippen molar-refractivity contribution in [3.63, 3.8) is 0 Å². The smallest absolute Gasteiger partial charge is 0.475 e. The zero-order valence-corrected chi connectivity index (χ0v) is 21.2. The largest absolute Gasteiger partial charge is 0.490 e. The number of aliphatic carboxylic acids is 1. The van der Waals surface area contributed by atoms with Crippen molar-refractivity contribution in [1.82, 2.24) is 10.6 Å². The molecule has 15 heteroatoms. The Hall–Kier alpha value is -2.88. The Morgan fingerprint density at radius 3 is 2.49 bits per heavy atom. The molecule has 0 spiro atoms. The molecule has 37 heavy (non-hydrogen) atoms. The van der Waals surface area contributed by atoms with E-state index >= 15 is 0 Å². The number of hydrogen-bond donors (Lipinski definition) is 4. The molecule has 2 saturated heterocycles. The molecule has 4 rings (SSSR count). The lowest BCUT2D eigenvalue weighted by Gasteiger charge is -2.31. The number of carbonyl (C=O) groups is 2. The van der Waals surface area contributed by atoms with E-state index in [-0.39, 0.29) is 16.2 Å². The highest BCUT2D eigenvalue weighted by molar-refractivity contribution is 7.94. The number of thiophene rings is 1. The number of amides is 1. The SMILES string of the molecule is O=C(NCC1CCCO1)c1cc(NS(=O)(=O)c2cccs2)ccc1N1CCNCC1.O=C(O)C(F)(F)F. The van der Waals surface area contributed by atoms with E-state index in [1.165, 1.54) is 0 Å². The molecule has 2 aliphatic heterocycles. The van der Waals surface area contributed by atoms with Crippen molar-refractivity contribution in [3.8, 4) is 0 Å². The second-order valence-corrected chi connectivity index (χ2v) is 11.0. The number of carboxylic acids is 1. The van der Waals surface area contributed by atoms with Gasteiger partial charge in [0.1, 0.15) is 4.21 Å². The number of nitrogens with one attached hydrogen (secondary N) is 3. The Balaban J connectivity index is 0.000000479. The maximum absolute atomic E-state index is 13.0. The molecule has 2 aromatic rings. The summed E-state index contributed by atoms with van der Waals surface area (Å²) < 4.78 is 65.3. The number of benzene rings is 1. The Bertz CT molecular complexity index is 1160. The van der Waals surface area contributed by atoms with Crippen LogP contribution < -0.4 is 20.3 Å². The molecule has 1 aromatic heterocycles. The summed E-state index contributed by atoms with van der Waals surface area (Å²) in [4.78, 5) is 24.1. The monoisotopic (exact) mass is 564 g/mol. The molecule has 2 fully saturated rings. The quantitative estimate of drug-likeness (QED) is 0.403. The highest BCUT2D eigenvalue weighted by Crippen LogP contribution is 2.27. The molecule has 3 heterocycles. The summed E-state index contributed by atoms with van der Waals surface area (Å²) in [6, 6.07) is 8.39. The lowest BCUT2D eigenvalue weighted by atomic mass is 10.1. The van der Waals surface area contributed by atoms with Gasteiger partial charge in [-0.05, 0) is 42.5 Å². The van der Waals surface area contributed by atoms with Crippen LogP contribution in [0.4, 0.5) is 24.5 Å². The van der Waals surface area contributed by atoms with Crippen LogP contribution in [-0.2, 0) is 19.6 Å². The van der Waals surface area contributed by atoms with Gasteiger partial charge in [-0.25, -0.2) is 13.2 Å². The molecule has 204 valence electrons. The average Bonchev–Trinajstić information content (AvgIpc) is 3.58. The van der Waals surface area contributed by atoms with Crippen LogP contribution in [0.3, 0.4) is 0 Å². The molecule has 10 nitrogen and oxygen atoms in total. The van der Waals surface area contributed by atoms with Crippen LogP contribution in [0.2, 0.25) is 0 Å². The van der Waals surface area contributed by atoms with Crippen molar-refractivity contribution in [2.45, 2.75) is 29.3 Å². The maximum atomic E-state index is 13.0. The molecule has 1 atom stereocenters. The first kappa shape index (κ1) is 28.7. The molecular formula is C22H27F3N4O6S2. The van der Waals surface area contributed by atoms with Crippen LogP contribution in [0.1, 0.15) is 23.2 Å². The van der Waals surface area contributed by atoms with Gasteiger partial charge in [-0.15, -0.1) is 11.3 Å². The van der Waals surface area contributed by atoms with Crippen molar-refractivity contribution in [2.24, 2.45) is 0 Å². The van der Waals surface area contributed by atoms with Gasteiger partial charge in [0.05, 0.1) is 11.7 Å². The number of ether oxygens (including phenoxy) is 1. The van der Waals surface area contributed by atoms with Gasteiger partial charge in [-0.2, -0.15) is 13.2 Å². The first-order valence-electron chi connectivity index (χ1n) is 11.3. The van der Waals surface area contributed by atoms with Crippen molar-refractivity contribution in [2.75, 3.05) is 49.0 Å². The third-order valence-corrected chi connectivity index (χ3v) is 8.25. The van der Waals surface area contributed by atoms with Crippen molar-refractivity contribution in [1.29, 1.82) is 0 Å². The maximum Gasteiger partial charge on any atom is 0.490 e. The number of rotatable bonds is 7. The van der Waals surface area contributed by atoms with E-state index in [1.54, 1.807) is 29.6 Å². The molecule has 1 unspecified atom stereocenters. The number of alkyl halides is 3. The van der Waals surface area contributed by atoms with Gasteiger partial charge in [-0.3, -0.25) is 9.52 Å². The van der Waals surface area contributed by atoms with E-state index in [9.17, 15) is 26.4 Å². The number of hydrogen-bond acceptors (Lipinski definition) is 8. The predicted molar refractivity (Wildman–Crippen MR) is 132 cm³/mol. The summed E-state index contributed by atoms with van der Waals surface area (Å²) in [5, 5.41) is 15.1. The predicted octanol–water partition coefficient (Wildman–Crippen LogP) is 2.50. The highest BCUT2D eigenvalue weighted by atomic mass is 32.2. The second-order valence-electron chi connectivity index (χ2n) is 8.15. The first-order chi connectivity index (χ1) is 17.5. The van der Waals surface area contributed by atoms with E-state index in [4.69, 9.17) is 14.6 Å². The number of halogens is 3. The fourth-order valence-electron chi connectivity index (χ4n) is 3.69. The summed E-state index contributed by atoms with van der Waals surface area (Å²) in [5.74, 6) is -2.98. The van der Waals surface area contributed by atoms with Crippen molar-refractivity contribution < 1.29 is 41.0 Å². The number of sulfonamides is 1. The number of carboxylic acid groups (broad SMARTS) is 1. The van der Waals surface area contributed by atoms with Gasteiger partial charge in [0, 0.05) is 50.7 Å². The molecular weight excluding hydrogens is 537 g/mol. The molecule has 0 bridgehead atoms. The second kappa shape index (κ2) is 12.6. The summed E-state index contributed by atoms with van der Waals surface area (Å²) in [6.45, 7) is 4.42. The third-order valence-electron chi connectivity index (χ3n) is 5.47. The zero-order valence-electron chi connectivity index (χ0n) is 19.6. The van der Waals surface area contributed by atoms with Crippen LogP contribution >= 0.6 is 11.3 Å². The van der Waals surface area contributed by atoms with Crippen molar-refractivity contribution >= 4 is 44.6 Å². The minimum absolute atomic E-state index is 0.0390. The minimum Gasteiger partial charge on any atom is -0.475 e. The Morgan fingerprint density at radius 1 is 1.22 bits per heavy atom. The summed E-state index contributed by atoms with van der Waals surface area (Å²) in [5.41, 5.74) is 1.63. The lowest BCUT2D eigenvalue weighted by Crippen LogP contribution is -2.44. The molecule has 0 aliphatic carbocycles. The minimum atomic E-state index is -5.08. The van der Waals surface area contributed by atoms with Crippen LogP contribution in [-0.4, -0.2) is 77.0 Å². The van der Waals surface area contributed by atoms with Gasteiger partial charge in [-0.1, -0.05) is 6.07 Å². The van der Waals surface area contributed by atoms with E-state index < -0.39 is 22.2 Å². The average molecular weight is 565 g/mol. The number of piperazine rings is 1. The van der Waals surface area contributed by atoms with Crippen LogP contribution in [0, 0.1) is 0 Å². The molecule has 2 aliphatic rings. The number of carbonyl (C=O) groups excluding carboxylic acids is 1. The molecule has 1 amide bonds. The Kier molecular flexibility index (Phi) is 9.75. The Labute approximate surface area is 215 Å². The summed E-state index contributed by atoms with van der Waals surface area (Å²) in [7, 11) is -3.68. The zero-order chi connectivity index (χ0) is 27.1. The van der Waals surface area contributed by atoms with E-state index in [0.29, 0.717) is 17.8 Å². The van der Waals surface area contributed by atoms with E-state index in [0.717, 1.165) is 62.7 Å². The summed E-state index contributed by atoms with van der Waals surface area (Å²) >= 11 is 1.15. The van der Waals surface area contributed by atoms with Gasteiger partial charge >= 0.3 is 12.1 Å². The van der Waals surface area contributed by atoms with Gasteiger partial charge in [0.2, 0.25) is 0 Å².